The second-order valence-corrected chi connectivity index (χ2v) is 6.95. The summed E-state index contributed by atoms with van der Waals surface area (Å²) < 4.78 is 16.9. The predicted octanol–water partition coefficient (Wildman–Crippen LogP) is 4.21. The second-order valence-electron chi connectivity index (χ2n) is 6.09. The molecule has 0 saturated carbocycles. The van der Waals surface area contributed by atoms with E-state index in [1.807, 2.05) is 49.4 Å². The van der Waals surface area contributed by atoms with E-state index in [1.54, 1.807) is 12.5 Å². The summed E-state index contributed by atoms with van der Waals surface area (Å²) in [7, 11) is 1.58. The second kappa shape index (κ2) is 9.23. The molecular formula is C21H21NO5S. The third-order valence-electron chi connectivity index (χ3n) is 3.89. The Hall–Kier alpha value is -3.06. The van der Waals surface area contributed by atoms with Gasteiger partial charge in [-0.2, -0.15) is 0 Å². The van der Waals surface area contributed by atoms with Crippen LogP contribution < -0.4 is 14.2 Å². The summed E-state index contributed by atoms with van der Waals surface area (Å²) in [6.45, 7) is 2.77. The van der Waals surface area contributed by atoms with Crippen molar-refractivity contribution >= 4 is 17.3 Å². The minimum absolute atomic E-state index is 0.0910. The van der Waals surface area contributed by atoms with E-state index in [0.717, 1.165) is 21.9 Å². The van der Waals surface area contributed by atoms with Crippen molar-refractivity contribution in [2.75, 3.05) is 20.3 Å². The van der Waals surface area contributed by atoms with E-state index < -0.39 is 5.97 Å². The summed E-state index contributed by atoms with van der Waals surface area (Å²) in [6, 6.07) is 13.4. The molecule has 6 nitrogen and oxygen atoms in total. The normalized spacial score (nSPS) is 10.5. The number of hydrogen-bond donors (Lipinski definition) is 1. The fourth-order valence-electron chi connectivity index (χ4n) is 2.61. The zero-order valence-corrected chi connectivity index (χ0v) is 16.5. The van der Waals surface area contributed by atoms with Gasteiger partial charge in [-0.25, -0.2) is 4.98 Å². The molecule has 1 N–H and O–H groups in total. The number of carboxylic acids is 1. The lowest BCUT2D eigenvalue weighted by atomic mass is 10.2. The highest BCUT2D eigenvalue weighted by molar-refractivity contribution is 7.13. The van der Waals surface area contributed by atoms with Crippen molar-refractivity contribution in [1.82, 2.24) is 4.98 Å². The van der Waals surface area contributed by atoms with E-state index in [-0.39, 0.29) is 6.42 Å². The van der Waals surface area contributed by atoms with Crippen LogP contribution in [0.5, 0.6) is 17.2 Å². The van der Waals surface area contributed by atoms with Crippen molar-refractivity contribution in [3.8, 4) is 27.8 Å². The Bertz CT molecular complexity index is 953. The maximum atomic E-state index is 10.8. The molecule has 0 fully saturated rings. The molecule has 0 aliphatic rings. The van der Waals surface area contributed by atoms with Crippen molar-refractivity contribution in [2.45, 2.75) is 13.3 Å². The lowest BCUT2D eigenvalue weighted by molar-refractivity contribution is -0.136. The van der Waals surface area contributed by atoms with Gasteiger partial charge in [0.25, 0.3) is 0 Å². The molecular weight excluding hydrogens is 378 g/mol. The zero-order chi connectivity index (χ0) is 19.9. The summed E-state index contributed by atoms with van der Waals surface area (Å²) in [5.74, 6) is 1.10. The summed E-state index contributed by atoms with van der Waals surface area (Å²) in [5.41, 5.74) is 2.52. The Kier molecular flexibility index (Phi) is 6.49. The first-order chi connectivity index (χ1) is 13.5. The molecule has 3 aromatic rings. The van der Waals surface area contributed by atoms with Crippen LogP contribution in [0.3, 0.4) is 0 Å². The van der Waals surface area contributed by atoms with Gasteiger partial charge in [0, 0.05) is 10.9 Å². The number of rotatable bonds is 9. The first-order valence-electron chi connectivity index (χ1n) is 8.72. The molecule has 3 rings (SSSR count). The maximum Gasteiger partial charge on any atom is 0.309 e. The van der Waals surface area contributed by atoms with Crippen molar-refractivity contribution in [1.29, 1.82) is 0 Å². The molecule has 0 amide bonds. The Morgan fingerprint density at radius 3 is 2.68 bits per heavy atom. The molecule has 28 heavy (non-hydrogen) atoms. The Balaban J connectivity index is 1.65. The first-order valence-corrected chi connectivity index (χ1v) is 9.60. The van der Waals surface area contributed by atoms with Gasteiger partial charge in [0.15, 0.2) is 11.5 Å². The van der Waals surface area contributed by atoms with Gasteiger partial charge in [-0.1, -0.05) is 12.1 Å². The Morgan fingerprint density at radius 1 is 1.11 bits per heavy atom. The van der Waals surface area contributed by atoms with Gasteiger partial charge >= 0.3 is 5.97 Å². The number of ether oxygens (including phenoxy) is 3. The van der Waals surface area contributed by atoms with Gasteiger partial charge in [0.05, 0.1) is 19.2 Å². The van der Waals surface area contributed by atoms with Gasteiger partial charge in [-0.3, -0.25) is 4.79 Å². The number of nitrogens with zero attached hydrogens (tertiary/aromatic N) is 1. The predicted molar refractivity (Wildman–Crippen MR) is 108 cm³/mol. The molecule has 7 heteroatoms. The number of thiazole rings is 1. The molecule has 0 aliphatic carbocycles. The zero-order valence-electron chi connectivity index (χ0n) is 15.7. The van der Waals surface area contributed by atoms with Crippen LogP contribution in [-0.2, 0) is 11.2 Å². The van der Waals surface area contributed by atoms with E-state index in [1.165, 1.54) is 11.3 Å². The van der Waals surface area contributed by atoms with Crippen LogP contribution >= 0.6 is 11.3 Å². The van der Waals surface area contributed by atoms with Gasteiger partial charge in [0.2, 0.25) is 0 Å². The lowest BCUT2D eigenvalue weighted by Gasteiger charge is -2.12. The molecule has 0 unspecified atom stereocenters. The number of aliphatic carboxylic acids is 1. The highest BCUT2D eigenvalue weighted by Crippen LogP contribution is 2.34. The summed E-state index contributed by atoms with van der Waals surface area (Å²) in [6.07, 6.45) is -0.0910. The van der Waals surface area contributed by atoms with Crippen LogP contribution in [0.1, 0.15) is 11.3 Å². The number of hydrogen-bond acceptors (Lipinski definition) is 6. The van der Waals surface area contributed by atoms with Crippen LogP contribution in [0.2, 0.25) is 0 Å². The van der Waals surface area contributed by atoms with Crippen molar-refractivity contribution in [2.24, 2.45) is 0 Å². The SMILES string of the molecule is COc1ccc(-c2nc(CC(=O)O)cs2)cc1OCCOc1cccc(C)c1. The molecule has 0 aliphatic heterocycles. The van der Waals surface area contributed by atoms with Crippen LogP contribution in [-0.4, -0.2) is 36.4 Å². The molecule has 146 valence electrons. The van der Waals surface area contributed by atoms with Gasteiger partial charge in [-0.05, 0) is 42.8 Å². The third-order valence-corrected chi connectivity index (χ3v) is 4.83. The van der Waals surface area contributed by atoms with Crippen molar-refractivity contribution in [3.63, 3.8) is 0 Å². The Labute approximate surface area is 167 Å². The summed E-state index contributed by atoms with van der Waals surface area (Å²) >= 11 is 1.40. The minimum atomic E-state index is -0.899. The molecule has 2 aromatic carbocycles. The molecule has 0 radical (unpaired) electrons. The van der Waals surface area contributed by atoms with E-state index in [0.29, 0.717) is 30.4 Å². The summed E-state index contributed by atoms with van der Waals surface area (Å²) in [4.78, 5) is 15.2. The fraction of sp³-hybridized carbons (Fsp3) is 0.238. The number of aromatic nitrogens is 1. The Morgan fingerprint density at radius 2 is 1.93 bits per heavy atom. The maximum absolute atomic E-state index is 10.8. The third kappa shape index (κ3) is 5.23. The molecule has 0 spiro atoms. The monoisotopic (exact) mass is 399 g/mol. The van der Waals surface area contributed by atoms with Crippen LogP contribution in [0.4, 0.5) is 0 Å². The van der Waals surface area contributed by atoms with E-state index in [9.17, 15) is 4.79 Å². The molecule has 1 aromatic heterocycles. The number of benzene rings is 2. The minimum Gasteiger partial charge on any atom is -0.493 e. The number of methoxy groups -OCH3 is 1. The largest absolute Gasteiger partial charge is 0.493 e. The summed E-state index contributed by atoms with van der Waals surface area (Å²) in [5, 5.41) is 11.4. The van der Waals surface area contributed by atoms with Crippen LogP contribution in [0.15, 0.2) is 47.8 Å². The standard InChI is InChI=1S/C21H21NO5S/c1-14-4-3-5-17(10-14)26-8-9-27-19-11-15(6-7-18(19)25-2)21-22-16(13-28-21)12-20(23)24/h3-7,10-11,13H,8-9,12H2,1-2H3,(H,23,24). The van der Waals surface area contributed by atoms with Crippen LogP contribution in [0.25, 0.3) is 10.6 Å². The van der Waals surface area contributed by atoms with Crippen molar-refractivity contribution in [3.05, 3.63) is 59.1 Å². The lowest BCUT2D eigenvalue weighted by Crippen LogP contribution is -2.09. The first kappa shape index (κ1) is 19.7. The van der Waals surface area contributed by atoms with E-state index in [2.05, 4.69) is 4.98 Å². The quantitative estimate of drug-likeness (QED) is 0.543. The average molecular weight is 399 g/mol. The highest BCUT2D eigenvalue weighted by atomic mass is 32.1. The number of aryl methyl sites for hydroxylation is 1. The smallest absolute Gasteiger partial charge is 0.309 e. The number of carbonyl (C=O) groups is 1. The van der Waals surface area contributed by atoms with Crippen molar-refractivity contribution < 1.29 is 24.1 Å². The molecule has 0 saturated heterocycles. The average Bonchev–Trinajstić information content (AvgIpc) is 3.13. The van der Waals surface area contributed by atoms with Gasteiger partial charge in [-0.15, -0.1) is 11.3 Å². The van der Waals surface area contributed by atoms with Gasteiger partial charge in [0.1, 0.15) is 24.0 Å². The topological polar surface area (TPSA) is 77.9 Å². The van der Waals surface area contributed by atoms with Crippen LogP contribution in [0, 0.1) is 6.92 Å². The number of carboxylic acid groups (broad SMARTS) is 1. The van der Waals surface area contributed by atoms with Gasteiger partial charge < -0.3 is 19.3 Å². The molecule has 0 bridgehead atoms. The van der Waals surface area contributed by atoms with E-state index in [4.69, 9.17) is 19.3 Å². The fourth-order valence-corrected chi connectivity index (χ4v) is 3.43. The highest BCUT2D eigenvalue weighted by Gasteiger charge is 2.12. The molecule has 0 atom stereocenters. The molecule has 1 heterocycles. The van der Waals surface area contributed by atoms with E-state index >= 15 is 0 Å².